The van der Waals surface area contributed by atoms with Crippen molar-refractivity contribution in [1.82, 2.24) is 9.55 Å². The van der Waals surface area contributed by atoms with Crippen LogP contribution in [-0.2, 0) is 11.3 Å². The van der Waals surface area contributed by atoms with Crippen LogP contribution in [0.5, 0.6) is 0 Å². The van der Waals surface area contributed by atoms with Crippen molar-refractivity contribution in [3.63, 3.8) is 0 Å². The Morgan fingerprint density at radius 1 is 1.53 bits per heavy atom. The van der Waals surface area contributed by atoms with Gasteiger partial charge in [-0.2, -0.15) is 0 Å². The van der Waals surface area contributed by atoms with E-state index in [4.69, 9.17) is 10.5 Å². The molecule has 1 saturated heterocycles. The molecule has 0 radical (unpaired) electrons. The summed E-state index contributed by atoms with van der Waals surface area (Å²) >= 11 is 0. The number of hydrogen-bond donors (Lipinski definition) is 1. The van der Waals surface area contributed by atoms with Gasteiger partial charge in [0, 0.05) is 19.1 Å². The van der Waals surface area contributed by atoms with Crippen molar-refractivity contribution in [2.75, 3.05) is 18.9 Å². The van der Waals surface area contributed by atoms with Crippen LogP contribution in [0.4, 0.5) is 5.82 Å². The second-order valence-corrected chi connectivity index (χ2v) is 4.85. The third-order valence-electron chi connectivity index (χ3n) is 3.51. The average Bonchev–Trinajstić information content (AvgIpc) is 2.64. The highest BCUT2D eigenvalue weighted by atomic mass is 16.5. The smallest absolute Gasteiger partial charge is 0.127 e. The summed E-state index contributed by atoms with van der Waals surface area (Å²) in [5.74, 6) is 2.29. The molecule has 4 nitrogen and oxygen atoms in total. The second-order valence-electron chi connectivity index (χ2n) is 4.85. The molecule has 2 heterocycles. The zero-order valence-electron chi connectivity index (χ0n) is 10.9. The van der Waals surface area contributed by atoms with Crippen molar-refractivity contribution < 1.29 is 4.74 Å². The van der Waals surface area contributed by atoms with Crippen LogP contribution in [0.15, 0.2) is 0 Å². The molecule has 1 aliphatic rings. The molecule has 0 aliphatic carbocycles. The molecule has 0 bridgehead atoms. The van der Waals surface area contributed by atoms with Crippen molar-refractivity contribution >= 4 is 5.82 Å². The molecule has 2 rings (SSSR count). The molecule has 1 aromatic rings. The molecule has 1 aliphatic heterocycles. The third kappa shape index (κ3) is 2.63. The van der Waals surface area contributed by atoms with Crippen LogP contribution in [0.1, 0.15) is 50.0 Å². The van der Waals surface area contributed by atoms with Crippen LogP contribution < -0.4 is 5.73 Å². The Labute approximate surface area is 103 Å². The van der Waals surface area contributed by atoms with E-state index in [-0.39, 0.29) is 0 Å². The second kappa shape index (κ2) is 5.54. The van der Waals surface area contributed by atoms with Crippen LogP contribution in [0, 0.1) is 6.92 Å². The van der Waals surface area contributed by atoms with Crippen molar-refractivity contribution in [3.05, 3.63) is 11.5 Å². The van der Waals surface area contributed by atoms with Gasteiger partial charge in [-0.05, 0) is 26.2 Å². The normalized spacial score (nSPS) is 20.7. The van der Waals surface area contributed by atoms with Gasteiger partial charge in [-0.25, -0.2) is 4.98 Å². The van der Waals surface area contributed by atoms with Gasteiger partial charge >= 0.3 is 0 Å². The van der Waals surface area contributed by atoms with E-state index in [2.05, 4.69) is 16.5 Å². The highest BCUT2D eigenvalue weighted by Gasteiger charge is 2.23. The summed E-state index contributed by atoms with van der Waals surface area (Å²) in [4.78, 5) is 4.64. The molecule has 1 aromatic heterocycles. The summed E-state index contributed by atoms with van der Waals surface area (Å²) in [5.41, 5.74) is 7.27. The van der Waals surface area contributed by atoms with Crippen LogP contribution in [0.2, 0.25) is 0 Å². The Balaban J connectivity index is 2.17. The lowest BCUT2D eigenvalue weighted by Gasteiger charge is -2.21. The van der Waals surface area contributed by atoms with Gasteiger partial charge in [0.25, 0.3) is 0 Å². The highest BCUT2D eigenvalue weighted by molar-refractivity contribution is 5.40. The highest BCUT2D eigenvalue weighted by Crippen LogP contribution is 2.29. The van der Waals surface area contributed by atoms with Gasteiger partial charge in [0.15, 0.2) is 0 Å². The summed E-state index contributed by atoms with van der Waals surface area (Å²) < 4.78 is 7.66. The number of anilines is 1. The van der Waals surface area contributed by atoms with Crippen LogP contribution >= 0.6 is 0 Å². The monoisotopic (exact) mass is 237 g/mol. The van der Waals surface area contributed by atoms with E-state index in [1.807, 2.05) is 6.92 Å². The van der Waals surface area contributed by atoms with Crippen LogP contribution in [-0.4, -0.2) is 22.8 Å². The Morgan fingerprint density at radius 2 is 2.35 bits per heavy atom. The Morgan fingerprint density at radius 3 is 3.00 bits per heavy atom. The molecular formula is C13H23N3O. The average molecular weight is 237 g/mol. The number of hydrogen-bond acceptors (Lipinski definition) is 3. The van der Waals surface area contributed by atoms with Crippen molar-refractivity contribution in [2.24, 2.45) is 0 Å². The summed E-state index contributed by atoms with van der Waals surface area (Å²) in [5, 5.41) is 0. The Kier molecular flexibility index (Phi) is 4.05. The maximum Gasteiger partial charge on any atom is 0.127 e. The Hall–Kier alpha value is -1.03. The van der Waals surface area contributed by atoms with Crippen LogP contribution in [0.25, 0.3) is 0 Å². The van der Waals surface area contributed by atoms with Crippen molar-refractivity contribution in [3.8, 4) is 0 Å². The first-order chi connectivity index (χ1) is 8.24. The fourth-order valence-corrected chi connectivity index (χ4v) is 2.46. The van der Waals surface area contributed by atoms with E-state index < -0.39 is 0 Å². The molecule has 96 valence electrons. The zero-order chi connectivity index (χ0) is 12.3. The summed E-state index contributed by atoms with van der Waals surface area (Å²) in [6.45, 7) is 6.87. The fourth-order valence-electron chi connectivity index (χ4n) is 2.46. The van der Waals surface area contributed by atoms with Crippen molar-refractivity contribution in [2.45, 2.75) is 52.0 Å². The van der Waals surface area contributed by atoms with Gasteiger partial charge in [0.2, 0.25) is 0 Å². The molecule has 0 spiro atoms. The van der Waals surface area contributed by atoms with E-state index in [0.717, 1.165) is 56.4 Å². The molecule has 1 atom stereocenters. The van der Waals surface area contributed by atoms with Gasteiger partial charge < -0.3 is 15.0 Å². The molecule has 1 unspecified atom stereocenters. The Bertz CT molecular complexity index is 367. The zero-order valence-corrected chi connectivity index (χ0v) is 10.9. The number of unbranched alkanes of at least 4 members (excludes halogenated alkanes) is 1. The van der Waals surface area contributed by atoms with E-state index in [1.54, 1.807) is 0 Å². The fraction of sp³-hybridized carbons (Fsp3) is 0.769. The van der Waals surface area contributed by atoms with Gasteiger partial charge in [0.1, 0.15) is 11.6 Å². The minimum atomic E-state index is 0.394. The number of imidazole rings is 1. The number of aromatic nitrogens is 2. The topological polar surface area (TPSA) is 53.1 Å². The minimum Gasteiger partial charge on any atom is -0.384 e. The maximum atomic E-state index is 6.22. The SMILES string of the molecule is CCCCn1c(C)nc(C2CCCOC2)c1N. The number of rotatable bonds is 4. The molecule has 0 aromatic carbocycles. The maximum absolute atomic E-state index is 6.22. The van der Waals surface area contributed by atoms with E-state index >= 15 is 0 Å². The van der Waals surface area contributed by atoms with Gasteiger partial charge in [0.05, 0.1) is 12.3 Å². The summed E-state index contributed by atoms with van der Waals surface area (Å²) in [6.07, 6.45) is 4.60. The summed E-state index contributed by atoms with van der Waals surface area (Å²) in [6, 6.07) is 0. The largest absolute Gasteiger partial charge is 0.384 e. The van der Waals surface area contributed by atoms with Gasteiger partial charge in [-0.15, -0.1) is 0 Å². The molecule has 0 amide bonds. The minimum absolute atomic E-state index is 0.394. The number of ether oxygens (including phenoxy) is 1. The lowest BCUT2D eigenvalue weighted by Crippen LogP contribution is -2.17. The van der Waals surface area contributed by atoms with E-state index in [0.29, 0.717) is 5.92 Å². The molecule has 1 fully saturated rings. The molecule has 2 N–H and O–H groups in total. The van der Waals surface area contributed by atoms with E-state index in [9.17, 15) is 0 Å². The van der Waals surface area contributed by atoms with Gasteiger partial charge in [-0.1, -0.05) is 13.3 Å². The number of nitrogens with two attached hydrogens (primary N) is 1. The molecular weight excluding hydrogens is 214 g/mol. The molecule has 17 heavy (non-hydrogen) atoms. The standard InChI is InChI=1S/C13H23N3O/c1-3-4-7-16-10(2)15-12(13(16)14)11-6-5-8-17-9-11/h11H,3-9,14H2,1-2H3. The first kappa shape index (κ1) is 12.4. The first-order valence-corrected chi connectivity index (χ1v) is 6.64. The lowest BCUT2D eigenvalue weighted by molar-refractivity contribution is 0.0796. The summed E-state index contributed by atoms with van der Waals surface area (Å²) in [7, 11) is 0. The van der Waals surface area contributed by atoms with E-state index in [1.165, 1.54) is 6.42 Å². The lowest BCUT2D eigenvalue weighted by atomic mass is 9.98. The predicted octanol–water partition coefficient (Wildman–Crippen LogP) is 2.47. The molecule has 0 saturated carbocycles. The first-order valence-electron chi connectivity index (χ1n) is 6.64. The third-order valence-corrected chi connectivity index (χ3v) is 3.51. The quantitative estimate of drug-likeness (QED) is 0.875. The predicted molar refractivity (Wildman–Crippen MR) is 69.1 cm³/mol. The van der Waals surface area contributed by atoms with Gasteiger partial charge in [-0.3, -0.25) is 0 Å². The molecule has 4 heteroatoms. The number of aryl methyl sites for hydroxylation is 1. The van der Waals surface area contributed by atoms with Crippen LogP contribution in [0.3, 0.4) is 0 Å². The number of nitrogens with zero attached hydrogens (tertiary/aromatic N) is 2. The number of nitrogen functional groups attached to an aromatic ring is 1. The van der Waals surface area contributed by atoms with Crippen molar-refractivity contribution in [1.29, 1.82) is 0 Å².